The Hall–Kier alpha value is -2.91. The van der Waals surface area contributed by atoms with Crippen LogP contribution in [0.25, 0.3) is 0 Å². The molecule has 1 atom stereocenters. The summed E-state index contributed by atoms with van der Waals surface area (Å²) in [7, 11) is 0. The SMILES string of the molecule is O=C(CN1CCNCC1c1cccnc1)NCC(=O)Nc1ccc(F)c(F)c1. The third kappa shape index (κ3) is 5.30. The number of anilines is 1. The summed E-state index contributed by atoms with van der Waals surface area (Å²) >= 11 is 0. The van der Waals surface area contributed by atoms with Crippen molar-refractivity contribution >= 4 is 17.5 Å². The van der Waals surface area contributed by atoms with E-state index in [0.29, 0.717) is 13.1 Å². The molecule has 148 valence electrons. The zero-order valence-electron chi connectivity index (χ0n) is 15.1. The number of nitrogens with one attached hydrogen (secondary N) is 3. The normalized spacial score (nSPS) is 17.1. The first-order chi connectivity index (χ1) is 13.5. The first-order valence-electron chi connectivity index (χ1n) is 8.89. The van der Waals surface area contributed by atoms with Gasteiger partial charge in [0.2, 0.25) is 11.8 Å². The van der Waals surface area contributed by atoms with Gasteiger partial charge in [-0.2, -0.15) is 0 Å². The third-order valence-corrected chi connectivity index (χ3v) is 4.42. The lowest BCUT2D eigenvalue weighted by molar-refractivity contribution is -0.125. The molecule has 9 heteroatoms. The Morgan fingerprint density at radius 1 is 1.21 bits per heavy atom. The van der Waals surface area contributed by atoms with Crippen molar-refractivity contribution in [2.45, 2.75) is 6.04 Å². The average molecular weight is 389 g/mol. The van der Waals surface area contributed by atoms with Crippen molar-refractivity contribution in [2.75, 3.05) is 38.0 Å². The number of amides is 2. The Morgan fingerprint density at radius 3 is 2.82 bits per heavy atom. The van der Waals surface area contributed by atoms with Gasteiger partial charge in [-0.15, -0.1) is 0 Å². The molecule has 1 aliphatic heterocycles. The van der Waals surface area contributed by atoms with Crippen LogP contribution in [-0.4, -0.2) is 54.4 Å². The lowest BCUT2D eigenvalue weighted by Crippen LogP contribution is -2.50. The Balaban J connectivity index is 1.50. The molecule has 1 aliphatic rings. The van der Waals surface area contributed by atoms with Gasteiger partial charge in [0.15, 0.2) is 11.6 Å². The zero-order chi connectivity index (χ0) is 19.9. The molecule has 2 aromatic rings. The fourth-order valence-corrected chi connectivity index (χ4v) is 3.04. The van der Waals surface area contributed by atoms with Crippen LogP contribution < -0.4 is 16.0 Å². The van der Waals surface area contributed by atoms with Crippen molar-refractivity contribution in [2.24, 2.45) is 0 Å². The predicted molar refractivity (Wildman–Crippen MR) is 99.4 cm³/mol. The molecule has 1 unspecified atom stereocenters. The van der Waals surface area contributed by atoms with Crippen LogP contribution in [0.4, 0.5) is 14.5 Å². The van der Waals surface area contributed by atoms with Gasteiger partial charge < -0.3 is 16.0 Å². The summed E-state index contributed by atoms with van der Waals surface area (Å²) in [4.78, 5) is 30.3. The highest BCUT2D eigenvalue weighted by Crippen LogP contribution is 2.20. The lowest BCUT2D eigenvalue weighted by Gasteiger charge is -2.35. The molecule has 1 fully saturated rings. The molecule has 0 spiro atoms. The second-order valence-corrected chi connectivity index (χ2v) is 6.43. The lowest BCUT2D eigenvalue weighted by atomic mass is 10.1. The van der Waals surface area contributed by atoms with Gasteiger partial charge in [0, 0.05) is 49.8 Å². The molecule has 1 aromatic carbocycles. The van der Waals surface area contributed by atoms with E-state index in [1.807, 2.05) is 17.0 Å². The summed E-state index contributed by atoms with van der Waals surface area (Å²) in [6.07, 6.45) is 3.47. The quantitative estimate of drug-likeness (QED) is 0.688. The molecule has 0 radical (unpaired) electrons. The molecule has 7 nitrogen and oxygen atoms in total. The number of carbonyl (C=O) groups excluding carboxylic acids is 2. The van der Waals surface area contributed by atoms with Gasteiger partial charge >= 0.3 is 0 Å². The van der Waals surface area contributed by atoms with Gasteiger partial charge in [0.05, 0.1) is 13.1 Å². The fourth-order valence-electron chi connectivity index (χ4n) is 3.04. The molecule has 0 saturated carbocycles. The second kappa shape index (κ2) is 9.34. The summed E-state index contributed by atoms with van der Waals surface area (Å²) in [6, 6.07) is 6.89. The number of aromatic nitrogens is 1. The summed E-state index contributed by atoms with van der Waals surface area (Å²) in [5, 5.41) is 8.26. The Labute approximate surface area is 161 Å². The Morgan fingerprint density at radius 2 is 2.07 bits per heavy atom. The Bertz CT molecular complexity index is 834. The van der Waals surface area contributed by atoms with Crippen LogP contribution in [0.2, 0.25) is 0 Å². The second-order valence-electron chi connectivity index (χ2n) is 6.43. The van der Waals surface area contributed by atoms with Gasteiger partial charge in [-0.3, -0.25) is 19.5 Å². The summed E-state index contributed by atoms with van der Waals surface area (Å²) in [5.41, 5.74) is 1.13. The molecule has 0 bridgehead atoms. The van der Waals surface area contributed by atoms with Crippen molar-refractivity contribution in [1.29, 1.82) is 0 Å². The van der Waals surface area contributed by atoms with Crippen molar-refractivity contribution in [1.82, 2.24) is 20.5 Å². The number of benzene rings is 1. The van der Waals surface area contributed by atoms with Gasteiger partial charge in [0.1, 0.15) is 0 Å². The highest BCUT2D eigenvalue weighted by atomic mass is 19.2. The minimum atomic E-state index is -1.05. The van der Waals surface area contributed by atoms with E-state index in [-0.39, 0.29) is 30.7 Å². The van der Waals surface area contributed by atoms with Crippen LogP contribution in [0.3, 0.4) is 0 Å². The van der Waals surface area contributed by atoms with Gasteiger partial charge in [0.25, 0.3) is 0 Å². The van der Waals surface area contributed by atoms with Gasteiger partial charge in [-0.25, -0.2) is 8.78 Å². The number of hydrogen-bond donors (Lipinski definition) is 3. The molecular weight excluding hydrogens is 368 g/mol. The van der Waals surface area contributed by atoms with Crippen LogP contribution >= 0.6 is 0 Å². The molecular formula is C19H21F2N5O2. The highest BCUT2D eigenvalue weighted by Gasteiger charge is 2.25. The maximum Gasteiger partial charge on any atom is 0.243 e. The van der Waals surface area contributed by atoms with E-state index in [2.05, 4.69) is 20.9 Å². The first kappa shape index (κ1) is 19.8. The van der Waals surface area contributed by atoms with Gasteiger partial charge in [-0.05, 0) is 23.8 Å². The van der Waals surface area contributed by atoms with Crippen LogP contribution in [0, 0.1) is 11.6 Å². The maximum atomic E-state index is 13.2. The minimum Gasteiger partial charge on any atom is -0.346 e. The third-order valence-electron chi connectivity index (χ3n) is 4.42. The monoisotopic (exact) mass is 389 g/mol. The number of carbonyl (C=O) groups is 2. The van der Waals surface area contributed by atoms with Crippen molar-refractivity contribution in [3.8, 4) is 0 Å². The standard InChI is InChI=1S/C19H21F2N5O2/c20-15-4-3-14(8-16(15)21)25-18(27)11-24-19(28)12-26-7-6-23-10-17(26)13-2-1-5-22-9-13/h1-5,8-9,17,23H,6-7,10-12H2,(H,24,28)(H,25,27). The number of rotatable bonds is 6. The molecule has 1 saturated heterocycles. The summed E-state index contributed by atoms with van der Waals surface area (Å²) < 4.78 is 26.1. The smallest absolute Gasteiger partial charge is 0.243 e. The predicted octanol–water partition coefficient (Wildman–Crippen LogP) is 1.06. The topological polar surface area (TPSA) is 86.4 Å². The largest absolute Gasteiger partial charge is 0.346 e. The van der Waals surface area contributed by atoms with E-state index in [1.54, 1.807) is 12.4 Å². The van der Waals surface area contributed by atoms with Crippen LogP contribution in [-0.2, 0) is 9.59 Å². The summed E-state index contributed by atoms with van der Waals surface area (Å²) in [5.74, 6) is -2.87. The fraction of sp³-hybridized carbons (Fsp3) is 0.316. The van der Waals surface area contributed by atoms with Crippen molar-refractivity contribution in [3.63, 3.8) is 0 Å². The minimum absolute atomic E-state index is 0.0178. The number of hydrogen-bond acceptors (Lipinski definition) is 5. The van der Waals surface area contributed by atoms with Crippen molar-refractivity contribution in [3.05, 3.63) is 59.9 Å². The first-order valence-corrected chi connectivity index (χ1v) is 8.89. The number of nitrogens with zero attached hydrogens (tertiary/aromatic N) is 2. The molecule has 2 heterocycles. The van der Waals surface area contributed by atoms with Gasteiger partial charge in [-0.1, -0.05) is 6.07 Å². The number of piperazine rings is 1. The van der Waals surface area contributed by atoms with E-state index < -0.39 is 17.5 Å². The van der Waals surface area contributed by atoms with Crippen molar-refractivity contribution < 1.29 is 18.4 Å². The summed E-state index contributed by atoms with van der Waals surface area (Å²) in [6.45, 7) is 2.03. The van der Waals surface area contributed by atoms with Crippen LogP contribution in [0.5, 0.6) is 0 Å². The van der Waals surface area contributed by atoms with Crippen LogP contribution in [0.15, 0.2) is 42.7 Å². The molecule has 1 aromatic heterocycles. The van der Waals surface area contributed by atoms with Crippen LogP contribution in [0.1, 0.15) is 11.6 Å². The molecule has 3 rings (SSSR count). The van der Waals surface area contributed by atoms with E-state index in [4.69, 9.17) is 0 Å². The average Bonchev–Trinajstić information content (AvgIpc) is 2.70. The molecule has 3 N–H and O–H groups in total. The molecule has 2 amide bonds. The Kier molecular flexibility index (Phi) is 6.62. The maximum absolute atomic E-state index is 13.2. The number of pyridine rings is 1. The highest BCUT2D eigenvalue weighted by molar-refractivity contribution is 5.94. The number of halogens is 2. The zero-order valence-corrected chi connectivity index (χ0v) is 15.1. The van der Waals surface area contributed by atoms with E-state index in [0.717, 1.165) is 24.2 Å². The molecule has 28 heavy (non-hydrogen) atoms. The van der Waals surface area contributed by atoms with E-state index >= 15 is 0 Å². The van der Waals surface area contributed by atoms with E-state index in [9.17, 15) is 18.4 Å². The molecule has 0 aliphatic carbocycles. The van der Waals surface area contributed by atoms with E-state index in [1.165, 1.54) is 6.07 Å².